The molecule has 2 aromatic carbocycles. The summed E-state index contributed by atoms with van der Waals surface area (Å²) in [7, 11) is 0. The number of ether oxygens (including phenoxy) is 1. The van der Waals surface area contributed by atoms with E-state index >= 15 is 0 Å². The molecule has 0 aliphatic carbocycles. The zero-order valence-corrected chi connectivity index (χ0v) is 14.9. The number of hydrogen-bond acceptors (Lipinski definition) is 3. The molecule has 0 spiro atoms. The van der Waals surface area contributed by atoms with Crippen molar-refractivity contribution in [3.05, 3.63) is 65.7 Å². The number of aryl methyl sites for hydroxylation is 2. The van der Waals surface area contributed by atoms with E-state index in [1.54, 1.807) is 0 Å². The van der Waals surface area contributed by atoms with Crippen LogP contribution in [-0.4, -0.2) is 18.7 Å². The Morgan fingerprint density at radius 3 is 2.50 bits per heavy atom. The third-order valence-electron chi connectivity index (χ3n) is 4.08. The van der Waals surface area contributed by atoms with E-state index in [0.29, 0.717) is 0 Å². The van der Waals surface area contributed by atoms with E-state index in [9.17, 15) is 4.79 Å². The fourth-order valence-corrected chi connectivity index (χ4v) is 2.95. The van der Waals surface area contributed by atoms with Crippen LogP contribution >= 0.6 is 0 Å². The van der Waals surface area contributed by atoms with Crippen molar-refractivity contribution >= 4 is 11.7 Å². The first-order chi connectivity index (χ1) is 11.6. The van der Waals surface area contributed by atoms with Crippen molar-refractivity contribution in [2.24, 2.45) is 0 Å². The van der Waals surface area contributed by atoms with Crippen LogP contribution in [0.5, 0.6) is 0 Å². The van der Waals surface area contributed by atoms with Crippen LogP contribution in [0.15, 0.2) is 54.6 Å². The molecule has 0 saturated heterocycles. The highest BCUT2D eigenvalue weighted by molar-refractivity contribution is 5.66. The molecule has 0 aliphatic rings. The maximum absolute atomic E-state index is 11.6. The highest BCUT2D eigenvalue weighted by Crippen LogP contribution is 2.22. The van der Waals surface area contributed by atoms with Gasteiger partial charge in [0.15, 0.2) is 6.23 Å². The zero-order chi connectivity index (χ0) is 17.4. The summed E-state index contributed by atoms with van der Waals surface area (Å²) in [6.45, 7) is 6.45. The van der Waals surface area contributed by atoms with Crippen LogP contribution in [-0.2, 0) is 16.0 Å². The average molecular weight is 325 g/mol. The Labute approximate surface area is 145 Å². The first-order valence-electron chi connectivity index (χ1n) is 8.64. The second-order valence-corrected chi connectivity index (χ2v) is 6.07. The molecule has 2 rings (SSSR count). The van der Waals surface area contributed by atoms with Gasteiger partial charge in [0, 0.05) is 25.6 Å². The van der Waals surface area contributed by atoms with E-state index < -0.39 is 0 Å². The summed E-state index contributed by atoms with van der Waals surface area (Å²) in [5.41, 5.74) is 3.62. The molecule has 0 amide bonds. The van der Waals surface area contributed by atoms with Gasteiger partial charge in [-0.1, -0.05) is 42.5 Å². The zero-order valence-electron chi connectivity index (χ0n) is 14.9. The van der Waals surface area contributed by atoms with Gasteiger partial charge < -0.3 is 9.64 Å². The number of carbonyl (C=O) groups excluding carboxylic acids is 1. The molecule has 0 aliphatic heterocycles. The fourth-order valence-electron chi connectivity index (χ4n) is 2.95. The van der Waals surface area contributed by atoms with E-state index in [2.05, 4.69) is 61.2 Å². The van der Waals surface area contributed by atoms with Gasteiger partial charge in [-0.2, -0.15) is 0 Å². The van der Waals surface area contributed by atoms with Gasteiger partial charge >= 0.3 is 5.97 Å². The number of carbonyl (C=O) groups is 1. The maximum Gasteiger partial charge on any atom is 0.304 e. The van der Waals surface area contributed by atoms with Gasteiger partial charge in [-0.15, -0.1) is 0 Å². The second kappa shape index (κ2) is 9.11. The number of rotatable bonds is 8. The molecule has 1 unspecified atom stereocenters. The van der Waals surface area contributed by atoms with Crippen LogP contribution in [0.2, 0.25) is 0 Å². The number of nitrogens with zero attached hydrogens (tertiary/aromatic N) is 1. The molecule has 0 N–H and O–H groups in total. The van der Waals surface area contributed by atoms with Crippen LogP contribution in [0.25, 0.3) is 0 Å². The minimum atomic E-state index is -0.231. The molecule has 0 aromatic heterocycles. The monoisotopic (exact) mass is 325 g/mol. The van der Waals surface area contributed by atoms with E-state index in [4.69, 9.17) is 4.74 Å². The molecule has 0 heterocycles. The predicted octanol–water partition coefficient (Wildman–Crippen LogP) is 4.73. The third-order valence-corrected chi connectivity index (χ3v) is 4.08. The van der Waals surface area contributed by atoms with Gasteiger partial charge in [0.2, 0.25) is 0 Å². The fraction of sp³-hybridized carbons (Fsp3) is 0.381. The van der Waals surface area contributed by atoms with E-state index in [0.717, 1.165) is 31.5 Å². The van der Waals surface area contributed by atoms with Crippen molar-refractivity contribution in [1.29, 1.82) is 0 Å². The van der Waals surface area contributed by atoms with Crippen molar-refractivity contribution in [3.8, 4) is 0 Å². The summed E-state index contributed by atoms with van der Waals surface area (Å²) < 4.78 is 5.62. The summed E-state index contributed by atoms with van der Waals surface area (Å²) in [4.78, 5) is 13.7. The van der Waals surface area contributed by atoms with Gasteiger partial charge in [0.25, 0.3) is 0 Å². The summed E-state index contributed by atoms with van der Waals surface area (Å²) >= 11 is 0. The number of hydrogen-bond donors (Lipinski definition) is 0. The Kier molecular flexibility index (Phi) is 6.86. The first kappa shape index (κ1) is 18.1. The van der Waals surface area contributed by atoms with Gasteiger partial charge in [0.05, 0.1) is 0 Å². The molecule has 0 bridgehead atoms. The first-order valence-corrected chi connectivity index (χ1v) is 8.64. The molecule has 0 saturated carbocycles. The summed E-state index contributed by atoms with van der Waals surface area (Å²) in [5.74, 6) is -0.231. The SMILES string of the molecule is CCN(c1cccc(C)c1)C(CCCc1ccccc1)OC(C)=O. The normalized spacial score (nSPS) is 11.8. The average Bonchev–Trinajstić information content (AvgIpc) is 2.56. The Hall–Kier alpha value is -2.29. The van der Waals surface area contributed by atoms with Gasteiger partial charge in [-0.3, -0.25) is 4.79 Å². The minimum Gasteiger partial charge on any atom is -0.442 e. The molecule has 128 valence electrons. The minimum absolute atomic E-state index is 0.224. The summed E-state index contributed by atoms with van der Waals surface area (Å²) in [5, 5.41) is 0. The Morgan fingerprint density at radius 1 is 1.12 bits per heavy atom. The Balaban J connectivity index is 2.06. The molecular weight excluding hydrogens is 298 g/mol. The highest BCUT2D eigenvalue weighted by atomic mass is 16.6. The molecule has 0 fully saturated rings. The van der Waals surface area contributed by atoms with Gasteiger partial charge in [-0.05, 0) is 49.9 Å². The maximum atomic E-state index is 11.6. The van der Waals surface area contributed by atoms with E-state index in [-0.39, 0.29) is 12.2 Å². The molecule has 2 aromatic rings. The quantitative estimate of drug-likeness (QED) is 0.519. The van der Waals surface area contributed by atoms with Crippen molar-refractivity contribution in [1.82, 2.24) is 0 Å². The number of esters is 1. The lowest BCUT2D eigenvalue weighted by Crippen LogP contribution is -2.38. The van der Waals surface area contributed by atoms with Crippen LogP contribution in [0.3, 0.4) is 0 Å². The van der Waals surface area contributed by atoms with Crippen molar-refractivity contribution in [2.75, 3.05) is 11.4 Å². The smallest absolute Gasteiger partial charge is 0.304 e. The van der Waals surface area contributed by atoms with Crippen LogP contribution < -0.4 is 4.90 Å². The van der Waals surface area contributed by atoms with Crippen LogP contribution in [0.1, 0.15) is 37.8 Å². The topological polar surface area (TPSA) is 29.5 Å². The van der Waals surface area contributed by atoms with E-state index in [1.165, 1.54) is 18.1 Å². The molecule has 0 radical (unpaired) electrons. The second-order valence-electron chi connectivity index (χ2n) is 6.07. The predicted molar refractivity (Wildman–Crippen MR) is 99.1 cm³/mol. The van der Waals surface area contributed by atoms with Crippen molar-refractivity contribution in [3.63, 3.8) is 0 Å². The van der Waals surface area contributed by atoms with E-state index in [1.807, 2.05) is 12.1 Å². The highest BCUT2D eigenvalue weighted by Gasteiger charge is 2.20. The Bertz CT molecular complexity index is 639. The van der Waals surface area contributed by atoms with Crippen LogP contribution in [0, 0.1) is 6.92 Å². The lowest BCUT2D eigenvalue weighted by molar-refractivity contribution is -0.146. The van der Waals surface area contributed by atoms with Crippen LogP contribution in [0.4, 0.5) is 5.69 Å². The van der Waals surface area contributed by atoms with Gasteiger partial charge in [-0.25, -0.2) is 0 Å². The third kappa shape index (κ3) is 5.41. The largest absolute Gasteiger partial charge is 0.442 e. The molecule has 24 heavy (non-hydrogen) atoms. The summed E-state index contributed by atoms with van der Waals surface area (Å²) in [6.07, 6.45) is 2.56. The lowest BCUT2D eigenvalue weighted by atomic mass is 10.1. The van der Waals surface area contributed by atoms with Crippen molar-refractivity contribution in [2.45, 2.75) is 46.3 Å². The molecule has 3 heteroatoms. The number of benzene rings is 2. The lowest BCUT2D eigenvalue weighted by Gasteiger charge is -2.32. The standard InChI is InChI=1S/C21H27NO2/c1-4-22(20-14-8-10-17(2)16-20)21(24-18(3)23)15-9-13-19-11-6-5-7-12-19/h5-8,10-12,14,16,21H,4,9,13,15H2,1-3H3. The van der Waals surface area contributed by atoms with Gasteiger partial charge in [0.1, 0.15) is 0 Å². The van der Waals surface area contributed by atoms with Crippen molar-refractivity contribution < 1.29 is 9.53 Å². The number of anilines is 1. The molecular formula is C21H27NO2. The Morgan fingerprint density at radius 2 is 1.88 bits per heavy atom. The molecule has 1 atom stereocenters. The summed E-state index contributed by atoms with van der Waals surface area (Å²) in [6, 6.07) is 18.8. The molecule has 3 nitrogen and oxygen atoms in total.